The van der Waals surface area contributed by atoms with Gasteiger partial charge in [-0.2, -0.15) is 0 Å². The third-order valence-corrected chi connectivity index (χ3v) is 5.99. The number of aromatic nitrogens is 1. The normalized spacial score (nSPS) is 16.8. The number of hydrogen-bond donors (Lipinski definition) is 1. The average Bonchev–Trinajstić information content (AvgIpc) is 2.83. The van der Waals surface area contributed by atoms with Crippen molar-refractivity contribution in [1.29, 1.82) is 0 Å². The maximum absolute atomic E-state index is 13.6. The quantitative estimate of drug-likeness (QED) is 0.478. The molecular formula is C26H33N3O4. The van der Waals surface area contributed by atoms with Crippen molar-refractivity contribution >= 4 is 10.9 Å². The molecule has 4 rings (SSSR count). The van der Waals surface area contributed by atoms with Crippen molar-refractivity contribution in [2.75, 3.05) is 46.6 Å². The molecule has 1 saturated heterocycles. The van der Waals surface area contributed by atoms with E-state index in [9.17, 15) is 4.79 Å². The Hall–Kier alpha value is -2.71. The van der Waals surface area contributed by atoms with Gasteiger partial charge in [-0.25, -0.2) is 0 Å². The molecule has 2 aromatic carbocycles. The first-order valence-corrected chi connectivity index (χ1v) is 11.6. The van der Waals surface area contributed by atoms with Crippen LogP contribution in [0.15, 0.2) is 59.4 Å². The van der Waals surface area contributed by atoms with E-state index in [0.717, 1.165) is 41.9 Å². The predicted octanol–water partition coefficient (Wildman–Crippen LogP) is 3.25. The summed E-state index contributed by atoms with van der Waals surface area (Å²) >= 11 is 0. The Bertz CT molecular complexity index is 1100. The van der Waals surface area contributed by atoms with Crippen LogP contribution in [0, 0.1) is 0 Å². The van der Waals surface area contributed by atoms with Crippen LogP contribution in [0.25, 0.3) is 10.9 Å². The van der Waals surface area contributed by atoms with Crippen LogP contribution < -0.4 is 15.6 Å². The number of methoxy groups -OCH3 is 1. The van der Waals surface area contributed by atoms with Crippen LogP contribution in [0.5, 0.6) is 11.5 Å². The number of pyridine rings is 1. The lowest BCUT2D eigenvalue weighted by Gasteiger charge is -2.35. The summed E-state index contributed by atoms with van der Waals surface area (Å²) in [6.07, 6.45) is 0. The van der Waals surface area contributed by atoms with E-state index in [0.29, 0.717) is 38.7 Å². The van der Waals surface area contributed by atoms with E-state index in [-0.39, 0.29) is 11.6 Å². The second-order valence-corrected chi connectivity index (χ2v) is 8.24. The van der Waals surface area contributed by atoms with Crippen molar-refractivity contribution in [3.05, 3.63) is 70.5 Å². The molecule has 1 atom stereocenters. The first-order chi connectivity index (χ1) is 16.2. The second kappa shape index (κ2) is 11.4. The number of benzene rings is 2. The number of nitrogens with zero attached hydrogens (tertiary/aromatic N) is 2. The first kappa shape index (κ1) is 23.4. The number of fused-ring (bicyclic) bond motifs is 1. The van der Waals surface area contributed by atoms with Gasteiger partial charge in [0, 0.05) is 64.1 Å². The van der Waals surface area contributed by atoms with E-state index in [2.05, 4.69) is 10.2 Å². The summed E-state index contributed by atoms with van der Waals surface area (Å²) in [5, 5.41) is 4.43. The predicted molar refractivity (Wildman–Crippen MR) is 130 cm³/mol. The van der Waals surface area contributed by atoms with Gasteiger partial charge >= 0.3 is 0 Å². The zero-order chi connectivity index (χ0) is 23.0. The molecule has 2 heterocycles. The molecule has 3 aromatic rings. The second-order valence-electron chi connectivity index (χ2n) is 8.24. The minimum Gasteiger partial charge on any atom is -0.457 e. The standard InChI is InChI=1S/C26H33N3O4/c1-3-32-14-13-29-25-16-24(33-23-7-5-4-6-8-23)10-9-20(25)15-21(26(29)30)18-28-12-11-27-17-22(28)19-31-2/h4-10,15-16,22,27H,3,11-14,17-19H2,1-2H3. The molecule has 33 heavy (non-hydrogen) atoms. The van der Waals surface area contributed by atoms with Crippen LogP contribution in [0.2, 0.25) is 0 Å². The van der Waals surface area contributed by atoms with Crippen LogP contribution in [0.1, 0.15) is 12.5 Å². The molecule has 0 amide bonds. The molecule has 1 N–H and O–H groups in total. The summed E-state index contributed by atoms with van der Waals surface area (Å²) in [6, 6.07) is 17.9. The van der Waals surface area contributed by atoms with E-state index < -0.39 is 0 Å². The lowest BCUT2D eigenvalue weighted by Crippen LogP contribution is -2.53. The molecule has 1 aliphatic heterocycles. The van der Waals surface area contributed by atoms with Crippen molar-refractivity contribution in [3.63, 3.8) is 0 Å². The van der Waals surface area contributed by atoms with Gasteiger partial charge in [-0.05, 0) is 42.6 Å². The Morgan fingerprint density at radius 1 is 1.09 bits per heavy atom. The molecule has 7 nitrogen and oxygen atoms in total. The third-order valence-electron chi connectivity index (χ3n) is 5.99. The Morgan fingerprint density at radius 2 is 1.94 bits per heavy atom. The Labute approximate surface area is 194 Å². The van der Waals surface area contributed by atoms with Gasteiger partial charge in [0.25, 0.3) is 5.56 Å². The van der Waals surface area contributed by atoms with E-state index >= 15 is 0 Å². The first-order valence-electron chi connectivity index (χ1n) is 11.6. The fourth-order valence-corrected chi connectivity index (χ4v) is 4.32. The van der Waals surface area contributed by atoms with Gasteiger partial charge in [-0.15, -0.1) is 0 Å². The van der Waals surface area contributed by atoms with E-state index in [1.807, 2.05) is 66.1 Å². The summed E-state index contributed by atoms with van der Waals surface area (Å²) in [5.74, 6) is 1.47. The number of rotatable bonds is 10. The highest BCUT2D eigenvalue weighted by molar-refractivity contribution is 5.81. The van der Waals surface area contributed by atoms with E-state index in [4.69, 9.17) is 14.2 Å². The highest BCUT2D eigenvalue weighted by Crippen LogP contribution is 2.26. The number of hydrogen-bond acceptors (Lipinski definition) is 6. The third kappa shape index (κ3) is 5.81. The molecule has 0 radical (unpaired) electrons. The Balaban J connectivity index is 1.68. The minimum atomic E-state index is 0.0220. The zero-order valence-electron chi connectivity index (χ0n) is 19.5. The summed E-state index contributed by atoms with van der Waals surface area (Å²) in [7, 11) is 1.72. The molecule has 0 saturated carbocycles. The van der Waals surface area contributed by atoms with Gasteiger partial charge in [-0.1, -0.05) is 18.2 Å². The van der Waals surface area contributed by atoms with Crippen molar-refractivity contribution in [2.24, 2.45) is 0 Å². The van der Waals surface area contributed by atoms with Crippen molar-refractivity contribution in [2.45, 2.75) is 26.1 Å². The van der Waals surface area contributed by atoms with E-state index in [1.54, 1.807) is 7.11 Å². The summed E-state index contributed by atoms with van der Waals surface area (Å²) < 4.78 is 18.8. The molecule has 1 unspecified atom stereocenters. The van der Waals surface area contributed by atoms with Crippen LogP contribution in [-0.2, 0) is 22.6 Å². The number of piperazine rings is 1. The molecule has 0 spiro atoms. The minimum absolute atomic E-state index is 0.0220. The summed E-state index contributed by atoms with van der Waals surface area (Å²) in [6.45, 7) is 7.45. The maximum Gasteiger partial charge on any atom is 0.255 e. The lowest BCUT2D eigenvalue weighted by molar-refractivity contribution is 0.0684. The largest absolute Gasteiger partial charge is 0.457 e. The maximum atomic E-state index is 13.6. The topological polar surface area (TPSA) is 65.0 Å². The molecule has 1 aromatic heterocycles. The molecule has 0 aliphatic carbocycles. The summed E-state index contributed by atoms with van der Waals surface area (Å²) in [5.41, 5.74) is 1.66. The van der Waals surface area contributed by atoms with Crippen LogP contribution in [0.4, 0.5) is 0 Å². The van der Waals surface area contributed by atoms with Gasteiger partial charge in [-0.3, -0.25) is 9.69 Å². The summed E-state index contributed by atoms with van der Waals surface area (Å²) in [4.78, 5) is 15.9. The molecule has 1 fully saturated rings. The van der Waals surface area contributed by atoms with Crippen LogP contribution in [-0.4, -0.2) is 62.1 Å². The van der Waals surface area contributed by atoms with E-state index in [1.165, 1.54) is 0 Å². The van der Waals surface area contributed by atoms with Gasteiger partial charge in [0.15, 0.2) is 0 Å². The van der Waals surface area contributed by atoms with Crippen LogP contribution >= 0.6 is 0 Å². The van der Waals surface area contributed by atoms with Crippen LogP contribution in [0.3, 0.4) is 0 Å². The smallest absolute Gasteiger partial charge is 0.255 e. The molecule has 1 aliphatic rings. The molecular weight excluding hydrogens is 418 g/mol. The van der Waals surface area contributed by atoms with Crippen molar-refractivity contribution < 1.29 is 14.2 Å². The lowest BCUT2D eigenvalue weighted by atomic mass is 10.1. The van der Waals surface area contributed by atoms with Gasteiger partial charge < -0.3 is 24.1 Å². The van der Waals surface area contributed by atoms with Gasteiger partial charge in [0.05, 0.1) is 18.7 Å². The average molecular weight is 452 g/mol. The monoisotopic (exact) mass is 451 g/mol. The SMILES string of the molecule is CCOCCn1c(=O)c(CN2CCNCC2COC)cc2ccc(Oc3ccccc3)cc21. The number of ether oxygens (including phenoxy) is 3. The fourth-order valence-electron chi connectivity index (χ4n) is 4.32. The number of para-hydroxylation sites is 1. The highest BCUT2D eigenvalue weighted by Gasteiger charge is 2.23. The number of nitrogens with one attached hydrogen (secondary N) is 1. The molecule has 176 valence electrons. The Kier molecular flexibility index (Phi) is 8.12. The Morgan fingerprint density at radius 3 is 2.73 bits per heavy atom. The van der Waals surface area contributed by atoms with Crippen molar-refractivity contribution in [1.82, 2.24) is 14.8 Å². The van der Waals surface area contributed by atoms with Crippen molar-refractivity contribution in [3.8, 4) is 11.5 Å². The fraction of sp³-hybridized carbons (Fsp3) is 0.423. The van der Waals surface area contributed by atoms with Gasteiger partial charge in [0.2, 0.25) is 0 Å². The zero-order valence-corrected chi connectivity index (χ0v) is 19.5. The van der Waals surface area contributed by atoms with Gasteiger partial charge in [0.1, 0.15) is 11.5 Å². The molecule has 7 heteroatoms. The molecule has 0 bridgehead atoms. The highest BCUT2D eigenvalue weighted by atomic mass is 16.5.